The third-order valence-corrected chi connectivity index (χ3v) is 6.04. The van der Waals surface area contributed by atoms with Crippen molar-refractivity contribution in [2.24, 2.45) is 10.9 Å². The van der Waals surface area contributed by atoms with E-state index in [0.29, 0.717) is 18.5 Å². The van der Waals surface area contributed by atoms with E-state index in [2.05, 4.69) is 31.7 Å². The topological polar surface area (TPSA) is 65.8 Å². The Labute approximate surface area is 203 Å². The van der Waals surface area contributed by atoms with Gasteiger partial charge in [0.2, 0.25) is 0 Å². The third-order valence-electron chi connectivity index (χ3n) is 6.04. The van der Waals surface area contributed by atoms with Gasteiger partial charge in [-0.05, 0) is 43.9 Å². The molecule has 1 amide bonds. The lowest BCUT2D eigenvalue weighted by molar-refractivity contribution is 0.0773. The molecule has 2 aromatic rings. The summed E-state index contributed by atoms with van der Waals surface area (Å²) in [6.45, 7) is 10.3. The molecule has 0 saturated carbocycles. The first-order chi connectivity index (χ1) is 14.6. The van der Waals surface area contributed by atoms with Crippen molar-refractivity contribution in [3.05, 3.63) is 54.1 Å². The Kier molecular flexibility index (Phi) is 9.80. The molecule has 3 rings (SSSR count). The lowest BCUT2D eigenvalue weighted by atomic mass is 9.93. The van der Waals surface area contributed by atoms with Gasteiger partial charge in [0, 0.05) is 57.7 Å². The van der Waals surface area contributed by atoms with E-state index in [1.165, 1.54) is 0 Å². The zero-order valence-corrected chi connectivity index (χ0v) is 21.3. The maximum Gasteiger partial charge on any atom is 0.253 e. The van der Waals surface area contributed by atoms with Crippen LogP contribution in [0.1, 0.15) is 49.2 Å². The maximum atomic E-state index is 12.5. The van der Waals surface area contributed by atoms with Crippen LogP contribution in [0, 0.1) is 5.92 Å². The predicted octanol–water partition coefficient (Wildman–Crippen LogP) is 3.64. The van der Waals surface area contributed by atoms with Crippen molar-refractivity contribution < 1.29 is 4.79 Å². The van der Waals surface area contributed by atoms with Crippen LogP contribution >= 0.6 is 24.0 Å². The molecule has 2 heterocycles. The van der Waals surface area contributed by atoms with Crippen molar-refractivity contribution in [2.45, 2.75) is 39.8 Å². The monoisotopic (exact) mass is 538 g/mol. The van der Waals surface area contributed by atoms with Crippen LogP contribution in [0.3, 0.4) is 0 Å². The summed E-state index contributed by atoms with van der Waals surface area (Å²) in [5, 5.41) is 3.49. The molecular weight excluding hydrogens is 503 g/mol. The van der Waals surface area contributed by atoms with Gasteiger partial charge >= 0.3 is 0 Å². The number of aliphatic imine (C=N–C) groups is 1. The van der Waals surface area contributed by atoms with E-state index < -0.39 is 0 Å². The zero-order valence-electron chi connectivity index (χ0n) is 19.0. The normalized spacial score (nSPS) is 19.0. The number of nitrogens with one attached hydrogen (secondary N) is 1. The number of rotatable bonds is 6. The molecule has 8 heteroatoms. The van der Waals surface area contributed by atoms with Crippen LogP contribution in [0.4, 0.5) is 0 Å². The first kappa shape index (κ1) is 25.2. The molecule has 2 unspecified atom stereocenters. The summed E-state index contributed by atoms with van der Waals surface area (Å²) >= 11 is 0. The molecule has 170 valence electrons. The highest BCUT2D eigenvalue weighted by Gasteiger charge is 2.28. The molecule has 0 aliphatic carbocycles. The summed E-state index contributed by atoms with van der Waals surface area (Å²) in [7, 11) is 1.83. The minimum atomic E-state index is 0. The molecule has 1 aliphatic rings. The number of guanidine groups is 1. The fourth-order valence-electron chi connectivity index (χ4n) is 4.07. The number of benzene rings is 1. The van der Waals surface area contributed by atoms with Crippen LogP contribution in [0.5, 0.6) is 0 Å². The number of likely N-dealkylation sites (tertiary alicyclic amines) is 1. The molecule has 0 spiro atoms. The van der Waals surface area contributed by atoms with Gasteiger partial charge in [0.05, 0.1) is 12.4 Å². The number of nitrogens with zero attached hydrogens (tertiary/aromatic N) is 5. The SMILES string of the molecule is CCN(CC)C(=O)c1ccc(CNC(=NC)N2CCC(C)C(n3ccnc3)C2)cc1.I. The minimum Gasteiger partial charge on any atom is -0.352 e. The van der Waals surface area contributed by atoms with Gasteiger partial charge in [-0.1, -0.05) is 19.1 Å². The molecular formula is C23H35IN6O. The largest absolute Gasteiger partial charge is 0.352 e. The Bertz CT molecular complexity index is 832. The number of halogens is 1. The zero-order chi connectivity index (χ0) is 21.5. The third kappa shape index (κ3) is 6.21. The van der Waals surface area contributed by atoms with Gasteiger partial charge in [-0.15, -0.1) is 24.0 Å². The Morgan fingerprint density at radius 3 is 2.55 bits per heavy atom. The molecule has 0 radical (unpaired) electrons. The van der Waals surface area contributed by atoms with Crippen molar-refractivity contribution in [3.63, 3.8) is 0 Å². The number of hydrogen-bond acceptors (Lipinski definition) is 3. The van der Waals surface area contributed by atoms with Crippen molar-refractivity contribution in [1.82, 2.24) is 24.7 Å². The predicted molar refractivity (Wildman–Crippen MR) is 136 cm³/mol. The molecule has 1 saturated heterocycles. The quantitative estimate of drug-likeness (QED) is 0.347. The minimum absolute atomic E-state index is 0. The number of piperidine rings is 1. The summed E-state index contributed by atoms with van der Waals surface area (Å²) in [5.41, 5.74) is 1.86. The molecule has 1 aromatic carbocycles. The second-order valence-electron chi connectivity index (χ2n) is 7.86. The Morgan fingerprint density at radius 2 is 1.97 bits per heavy atom. The number of carbonyl (C=O) groups is 1. The smallest absolute Gasteiger partial charge is 0.253 e. The number of imidazole rings is 1. The van der Waals surface area contributed by atoms with Gasteiger partial charge in [0.1, 0.15) is 0 Å². The van der Waals surface area contributed by atoms with Gasteiger partial charge in [-0.2, -0.15) is 0 Å². The van der Waals surface area contributed by atoms with Crippen LogP contribution in [-0.2, 0) is 6.54 Å². The van der Waals surface area contributed by atoms with Crippen molar-refractivity contribution in [3.8, 4) is 0 Å². The van der Waals surface area contributed by atoms with E-state index in [4.69, 9.17) is 0 Å². The first-order valence-electron chi connectivity index (χ1n) is 10.9. The molecule has 0 bridgehead atoms. The fourth-order valence-corrected chi connectivity index (χ4v) is 4.07. The molecule has 31 heavy (non-hydrogen) atoms. The Morgan fingerprint density at radius 1 is 1.26 bits per heavy atom. The standard InChI is InChI=1S/C23H34N6O.HI/c1-5-27(6-2)22(30)20-9-7-19(8-10-20)15-26-23(24-4)28-13-11-18(3)21(16-28)29-14-12-25-17-29;/h7-10,12,14,17-18,21H,5-6,11,13,15-16H2,1-4H3,(H,24,26);1H. The van der Waals surface area contributed by atoms with E-state index in [-0.39, 0.29) is 29.9 Å². The van der Waals surface area contributed by atoms with E-state index in [0.717, 1.165) is 49.7 Å². The average molecular weight is 538 g/mol. The van der Waals surface area contributed by atoms with Crippen LogP contribution in [0.2, 0.25) is 0 Å². The van der Waals surface area contributed by atoms with Gasteiger partial charge in [-0.3, -0.25) is 9.79 Å². The lowest BCUT2D eigenvalue weighted by Gasteiger charge is -2.39. The van der Waals surface area contributed by atoms with E-state index in [1.54, 1.807) is 0 Å². The van der Waals surface area contributed by atoms with Crippen molar-refractivity contribution in [1.29, 1.82) is 0 Å². The highest BCUT2D eigenvalue weighted by Crippen LogP contribution is 2.27. The molecule has 1 aliphatic heterocycles. The summed E-state index contributed by atoms with van der Waals surface area (Å²) < 4.78 is 2.20. The average Bonchev–Trinajstić information content (AvgIpc) is 3.31. The summed E-state index contributed by atoms with van der Waals surface area (Å²) in [6, 6.07) is 8.26. The summed E-state index contributed by atoms with van der Waals surface area (Å²) in [4.78, 5) is 25.3. The summed E-state index contributed by atoms with van der Waals surface area (Å²) in [5.74, 6) is 1.60. The Balaban J connectivity index is 0.00000341. The number of carbonyl (C=O) groups excluding carboxylic acids is 1. The van der Waals surface area contributed by atoms with Crippen LogP contribution in [0.15, 0.2) is 48.0 Å². The maximum absolute atomic E-state index is 12.5. The van der Waals surface area contributed by atoms with E-state index in [1.807, 2.05) is 68.8 Å². The number of aromatic nitrogens is 2. The van der Waals surface area contributed by atoms with Gasteiger partial charge < -0.3 is 19.7 Å². The van der Waals surface area contributed by atoms with Crippen LogP contribution < -0.4 is 5.32 Å². The first-order valence-corrected chi connectivity index (χ1v) is 10.9. The molecule has 1 fully saturated rings. The molecule has 2 atom stereocenters. The van der Waals surface area contributed by atoms with E-state index in [9.17, 15) is 4.79 Å². The molecule has 7 nitrogen and oxygen atoms in total. The molecule has 1 N–H and O–H groups in total. The van der Waals surface area contributed by atoms with E-state index >= 15 is 0 Å². The van der Waals surface area contributed by atoms with Crippen molar-refractivity contribution in [2.75, 3.05) is 33.2 Å². The lowest BCUT2D eigenvalue weighted by Crippen LogP contribution is -2.48. The second-order valence-corrected chi connectivity index (χ2v) is 7.86. The Hall–Kier alpha value is -2.10. The van der Waals surface area contributed by atoms with Gasteiger partial charge in [0.25, 0.3) is 5.91 Å². The number of amides is 1. The number of hydrogen-bond donors (Lipinski definition) is 1. The highest BCUT2D eigenvalue weighted by molar-refractivity contribution is 14.0. The van der Waals surface area contributed by atoms with Crippen LogP contribution in [0.25, 0.3) is 0 Å². The van der Waals surface area contributed by atoms with Crippen molar-refractivity contribution >= 4 is 35.8 Å². The fraction of sp³-hybridized carbons (Fsp3) is 0.522. The molecule has 1 aromatic heterocycles. The second kappa shape index (κ2) is 12.1. The van der Waals surface area contributed by atoms with Gasteiger partial charge in [0.15, 0.2) is 5.96 Å². The van der Waals surface area contributed by atoms with Crippen LogP contribution in [-0.4, -0.2) is 64.4 Å². The summed E-state index contributed by atoms with van der Waals surface area (Å²) in [6.07, 6.45) is 6.91. The van der Waals surface area contributed by atoms with Gasteiger partial charge in [-0.25, -0.2) is 4.98 Å². The highest BCUT2D eigenvalue weighted by atomic mass is 127.